The first-order valence-electron chi connectivity index (χ1n) is 7.26. The summed E-state index contributed by atoms with van der Waals surface area (Å²) in [4.78, 5) is 9.66. The van der Waals surface area contributed by atoms with Gasteiger partial charge in [-0.25, -0.2) is 18.1 Å². The van der Waals surface area contributed by atoms with Crippen LogP contribution in [0.5, 0.6) is 0 Å². The molecule has 3 heterocycles. The molecule has 0 spiro atoms. The van der Waals surface area contributed by atoms with Crippen LogP contribution in [0.2, 0.25) is 0 Å². The summed E-state index contributed by atoms with van der Waals surface area (Å²) in [5.74, 6) is 0. The van der Waals surface area contributed by atoms with Gasteiger partial charge in [-0.2, -0.15) is 5.10 Å². The van der Waals surface area contributed by atoms with Crippen LogP contribution in [0.1, 0.15) is 22.0 Å². The molecule has 0 fully saturated rings. The first-order chi connectivity index (χ1) is 11.4. The van der Waals surface area contributed by atoms with Gasteiger partial charge in [-0.05, 0) is 32.9 Å². The molecule has 0 aromatic carbocycles. The highest BCUT2D eigenvalue weighted by Crippen LogP contribution is 2.27. The summed E-state index contributed by atoms with van der Waals surface area (Å²) in [6.07, 6.45) is 3.44. The summed E-state index contributed by atoms with van der Waals surface area (Å²) >= 11 is 1.46. The highest BCUT2D eigenvalue weighted by Gasteiger charge is 2.22. The number of nitrogens with one attached hydrogen (secondary N) is 2. The average molecular weight is 363 g/mol. The molecule has 0 unspecified atom stereocenters. The lowest BCUT2D eigenvalue weighted by molar-refractivity contribution is 0.580. The SMILES string of the molecule is Cc1nc(-c2cccnc2)sc1CNS(=O)(=O)c1c(C)n[nH]c1C. The third kappa shape index (κ3) is 3.23. The molecule has 24 heavy (non-hydrogen) atoms. The molecule has 7 nitrogen and oxygen atoms in total. The second kappa shape index (κ2) is 6.42. The Hall–Kier alpha value is -2.10. The molecule has 0 aliphatic carbocycles. The Morgan fingerprint density at radius 2 is 2.04 bits per heavy atom. The van der Waals surface area contributed by atoms with E-state index in [9.17, 15) is 8.42 Å². The molecular formula is C15H17N5O2S2. The van der Waals surface area contributed by atoms with E-state index in [4.69, 9.17) is 0 Å². The normalized spacial score (nSPS) is 11.8. The Labute approximate surface area is 144 Å². The van der Waals surface area contributed by atoms with Crippen molar-refractivity contribution >= 4 is 21.4 Å². The standard InChI is InChI=1S/C15H17N5O2S2/c1-9-13(23-15(18-9)12-5-4-6-16-7-12)8-17-24(21,22)14-10(2)19-20-11(14)3/h4-7,17H,8H2,1-3H3,(H,19,20). The van der Waals surface area contributed by atoms with Crippen molar-refractivity contribution in [1.82, 2.24) is 24.9 Å². The Bertz CT molecular complexity index is 942. The van der Waals surface area contributed by atoms with Gasteiger partial charge in [0.15, 0.2) is 0 Å². The minimum Gasteiger partial charge on any atom is -0.281 e. The fourth-order valence-electron chi connectivity index (χ4n) is 2.37. The smallest absolute Gasteiger partial charge is 0.244 e. The number of aryl methyl sites for hydroxylation is 3. The maximum atomic E-state index is 12.5. The summed E-state index contributed by atoms with van der Waals surface area (Å²) in [5, 5.41) is 7.45. The fourth-order valence-corrected chi connectivity index (χ4v) is 4.82. The van der Waals surface area contributed by atoms with Crippen molar-refractivity contribution in [2.75, 3.05) is 0 Å². The lowest BCUT2D eigenvalue weighted by atomic mass is 10.3. The molecule has 0 amide bonds. The lowest BCUT2D eigenvalue weighted by Gasteiger charge is -2.06. The van der Waals surface area contributed by atoms with Crippen molar-refractivity contribution in [3.05, 3.63) is 46.5 Å². The van der Waals surface area contributed by atoms with E-state index in [1.807, 2.05) is 19.1 Å². The van der Waals surface area contributed by atoms with Crippen molar-refractivity contribution in [3.63, 3.8) is 0 Å². The number of sulfonamides is 1. The van der Waals surface area contributed by atoms with Crippen molar-refractivity contribution in [3.8, 4) is 10.6 Å². The van der Waals surface area contributed by atoms with Crippen LogP contribution in [-0.4, -0.2) is 28.6 Å². The van der Waals surface area contributed by atoms with Gasteiger partial charge in [0.05, 0.1) is 17.1 Å². The summed E-state index contributed by atoms with van der Waals surface area (Å²) in [7, 11) is -3.63. The molecule has 0 atom stereocenters. The number of hydrogen-bond acceptors (Lipinski definition) is 6. The highest BCUT2D eigenvalue weighted by molar-refractivity contribution is 7.89. The second-order valence-corrected chi connectivity index (χ2v) is 8.14. The molecule has 0 bridgehead atoms. The van der Waals surface area contributed by atoms with Gasteiger partial charge in [0.25, 0.3) is 0 Å². The summed E-state index contributed by atoms with van der Waals surface area (Å²) in [6, 6.07) is 3.77. The number of nitrogens with zero attached hydrogens (tertiary/aromatic N) is 3. The predicted octanol–water partition coefficient (Wildman–Crippen LogP) is 2.33. The first kappa shape index (κ1) is 16.7. The zero-order valence-electron chi connectivity index (χ0n) is 13.5. The van der Waals surface area contributed by atoms with Gasteiger partial charge in [-0.3, -0.25) is 10.1 Å². The summed E-state index contributed by atoms with van der Waals surface area (Å²) < 4.78 is 27.6. The van der Waals surface area contributed by atoms with Crippen molar-refractivity contribution in [1.29, 1.82) is 0 Å². The van der Waals surface area contributed by atoms with Crippen LogP contribution < -0.4 is 4.72 Å². The average Bonchev–Trinajstić information content (AvgIpc) is 3.09. The predicted molar refractivity (Wildman–Crippen MR) is 92.2 cm³/mol. The molecule has 3 rings (SSSR count). The topological polar surface area (TPSA) is 101 Å². The van der Waals surface area contributed by atoms with Crippen LogP contribution in [0.4, 0.5) is 0 Å². The summed E-state index contributed by atoms with van der Waals surface area (Å²) in [6.45, 7) is 5.41. The van der Waals surface area contributed by atoms with Crippen molar-refractivity contribution in [2.24, 2.45) is 0 Å². The third-order valence-electron chi connectivity index (χ3n) is 3.55. The first-order valence-corrected chi connectivity index (χ1v) is 9.56. The zero-order valence-corrected chi connectivity index (χ0v) is 15.1. The van der Waals surface area contributed by atoms with Gasteiger partial charge in [0, 0.05) is 29.4 Å². The van der Waals surface area contributed by atoms with Crippen LogP contribution in [0.25, 0.3) is 10.6 Å². The minimum atomic E-state index is -3.63. The van der Waals surface area contributed by atoms with Gasteiger partial charge in [0.2, 0.25) is 10.0 Å². The molecule has 2 N–H and O–H groups in total. The Morgan fingerprint density at radius 3 is 2.67 bits per heavy atom. The van der Waals surface area contributed by atoms with E-state index in [1.165, 1.54) is 11.3 Å². The third-order valence-corrected chi connectivity index (χ3v) is 6.42. The number of aromatic amines is 1. The molecule has 0 saturated carbocycles. The van der Waals surface area contributed by atoms with E-state index >= 15 is 0 Å². The van der Waals surface area contributed by atoms with Gasteiger partial charge in [0.1, 0.15) is 9.90 Å². The van der Waals surface area contributed by atoms with E-state index in [0.717, 1.165) is 21.1 Å². The van der Waals surface area contributed by atoms with Gasteiger partial charge >= 0.3 is 0 Å². The van der Waals surface area contributed by atoms with Crippen LogP contribution in [0.3, 0.4) is 0 Å². The van der Waals surface area contributed by atoms with E-state index in [0.29, 0.717) is 11.4 Å². The fraction of sp³-hybridized carbons (Fsp3) is 0.267. The molecular weight excluding hydrogens is 346 g/mol. The molecule has 0 aliphatic rings. The van der Waals surface area contributed by atoms with Crippen molar-refractivity contribution < 1.29 is 8.42 Å². The quantitative estimate of drug-likeness (QED) is 0.724. The zero-order chi connectivity index (χ0) is 17.3. The molecule has 0 radical (unpaired) electrons. The monoisotopic (exact) mass is 363 g/mol. The molecule has 0 aliphatic heterocycles. The van der Waals surface area contributed by atoms with E-state index in [-0.39, 0.29) is 11.4 Å². The molecule has 0 saturated heterocycles. The second-order valence-electron chi connectivity index (χ2n) is 5.36. The van der Waals surface area contributed by atoms with E-state index < -0.39 is 10.0 Å². The Kier molecular flexibility index (Phi) is 4.48. The van der Waals surface area contributed by atoms with Gasteiger partial charge in [-0.1, -0.05) is 0 Å². The van der Waals surface area contributed by atoms with Crippen LogP contribution in [0.15, 0.2) is 29.4 Å². The maximum Gasteiger partial charge on any atom is 0.244 e. The van der Waals surface area contributed by atoms with Crippen molar-refractivity contribution in [2.45, 2.75) is 32.2 Å². The number of thiazole rings is 1. The molecule has 126 valence electrons. The van der Waals surface area contributed by atoms with Gasteiger partial charge in [-0.15, -0.1) is 11.3 Å². The van der Waals surface area contributed by atoms with E-state index in [2.05, 4.69) is 24.9 Å². The number of aromatic nitrogens is 4. The van der Waals surface area contributed by atoms with Crippen LogP contribution >= 0.6 is 11.3 Å². The number of rotatable bonds is 5. The Morgan fingerprint density at radius 1 is 1.25 bits per heavy atom. The number of hydrogen-bond donors (Lipinski definition) is 2. The minimum absolute atomic E-state index is 0.191. The maximum absolute atomic E-state index is 12.5. The number of H-pyrrole nitrogens is 1. The largest absolute Gasteiger partial charge is 0.281 e. The summed E-state index contributed by atoms with van der Waals surface area (Å²) in [5.41, 5.74) is 2.71. The molecule has 3 aromatic rings. The van der Waals surface area contributed by atoms with Gasteiger partial charge < -0.3 is 0 Å². The van der Waals surface area contributed by atoms with Crippen LogP contribution in [-0.2, 0) is 16.6 Å². The lowest BCUT2D eigenvalue weighted by Crippen LogP contribution is -2.24. The Balaban J connectivity index is 1.82. The van der Waals surface area contributed by atoms with Crippen LogP contribution in [0, 0.1) is 20.8 Å². The van der Waals surface area contributed by atoms with E-state index in [1.54, 1.807) is 26.2 Å². The highest BCUT2D eigenvalue weighted by atomic mass is 32.2. The number of pyridine rings is 1. The molecule has 9 heteroatoms. The molecule has 3 aromatic heterocycles.